The van der Waals surface area contributed by atoms with E-state index in [9.17, 15) is 17.6 Å². The molecule has 0 aromatic heterocycles. The quantitative estimate of drug-likeness (QED) is 0.163. The molecule has 0 bridgehead atoms. The molecule has 0 aliphatic carbocycles. The summed E-state index contributed by atoms with van der Waals surface area (Å²) in [6.07, 6.45) is -1.03. The van der Waals surface area contributed by atoms with E-state index in [1.165, 1.54) is 21.9 Å². The van der Waals surface area contributed by atoms with E-state index in [4.69, 9.17) is 31.8 Å². The molecule has 202 valence electrons. The van der Waals surface area contributed by atoms with Gasteiger partial charge in [0.05, 0.1) is 30.7 Å². The molecular formula is C21H35FN8O5S. The van der Waals surface area contributed by atoms with E-state index >= 15 is 0 Å². The van der Waals surface area contributed by atoms with Gasteiger partial charge in [-0.05, 0) is 26.0 Å². The molecule has 2 atom stereocenters. The molecule has 1 saturated heterocycles. The lowest BCUT2D eigenvalue weighted by atomic mass is 10.1. The third-order valence-electron chi connectivity index (χ3n) is 4.53. The van der Waals surface area contributed by atoms with Gasteiger partial charge in [0.15, 0.2) is 5.96 Å². The van der Waals surface area contributed by atoms with Gasteiger partial charge in [-0.15, -0.1) is 0 Å². The first-order valence-corrected chi connectivity index (χ1v) is 12.0. The van der Waals surface area contributed by atoms with Crippen molar-refractivity contribution < 1.29 is 27.3 Å². The van der Waals surface area contributed by atoms with Gasteiger partial charge in [-0.2, -0.15) is 18.7 Å². The van der Waals surface area contributed by atoms with Crippen LogP contribution in [0.2, 0.25) is 0 Å². The number of carbonyl (C=O) groups is 1. The molecule has 1 fully saturated rings. The molecule has 1 heterocycles. The zero-order valence-corrected chi connectivity index (χ0v) is 21.5. The van der Waals surface area contributed by atoms with Crippen molar-refractivity contribution in [1.29, 1.82) is 10.7 Å². The lowest BCUT2D eigenvalue weighted by Crippen LogP contribution is -2.49. The fraction of sp³-hybridized carbons (Fsp3) is 0.524. The number of hydrogen-bond donors (Lipinski definition) is 6. The Morgan fingerprint density at radius 2 is 1.92 bits per heavy atom. The van der Waals surface area contributed by atoms with Gasteiger partial charge >= 0.3 is 0 Å². The van der Waals surface area contributed by atoms with Crippen LogP contribution in [0.5, 0.6) is 0 Å². The maximum atomic E-state index is 13.1. The van der Waals surface area contributed by atoms with Gasteiger partial charge in [0, 0.05) is 26.1 Å². The number of guanidine groups is 2. The van der Waals surface area contributed by atoms with Crippen LogP contribution in [-0.2, 0) is 14.9 Å². The molecular weight excluding hydrogens is 495 g/mol. The summed E-state index contributed by atoms with van der Waals surface area (Å²) in [4.78, 5) is 17.9. The summed E-state index contributed by atoms with van der Waals surface area (Å²) in [5, 5.41) is 27.7. The van der Waals surface area contributed by atoms with Gasteiger partial charge in [0.2, 0.25) is 11.9 Å². The van der Waals surface area contributed by atoms with Crippen LogP contribution in [-0.4, -0.2) is 97.2 Å². The molecule has 36 heavy (non-hydrogen) atoms. The number of aliphatic imine (C=N–C) groups is 1. The molecule has 15 heteroatoms. The summed E-state index contributed by atoms with van der Waals surface area (Å²) in [6.45, 7) is 3.39. The molecule has 1 amide bonds. The van der Waals surface area contributed by atoms with E-state index in [0.717, 1.165) is 0 Å². The van der Waals surface area contributed by atoms with Crippen LogP contribution < -0.4 is 16.8 Å². The Bertz CT molecular complexity index is 1020. The largest absolute Gasteiger partial charge is 0.394 e. The number of aliphatic hydroxyl groups excluding tert-OH is 1. The number of benzene rings is 1. The maximum Gasteiger partial charge on any atom is 0.294 e. The number of nitrogens with one attached hydrogen (secondary N) is 2. The van der Waals surface area contributed by atoms with Crippen LogP contribution >= 0.6 is 0 Å². The Hall–Kier alpha value is -3.32. The first-order chi connectivity index (χ1) is 16.5. The van der Waals surface area contributed by atoms with E-state index in [1.54, 1.807) is 46.1 Å². The van der Waals surface area contributed by atoms with Crippen molar-refractivity contribution >= 4 is 27.9 Å². The van der Waals surface area contributed by atoms with E-state index in [1.807, 2.05) is 6.07 Å². The molecule has 13 nitrogen and oxygen atoms in total. The van der Waals surface area contributed by atoms with E-state index in [2.05, 4.69) is 10.3 Å². The smallest absolute Gasteiger partial charge is 0.294 e. The van der Waals surface area contributed by atoms with E-state index in [-0.39, 0.29) is 48.8 Å². The minimum absolute atomic E-state index is 0.00153. The Morgan fingerprint density at radius 1 is 1.36 bits per heavy atom. The van der Waals surface area contributed by atoms with Crippen molar-refractivity contribution in [2.45, 2.75) is 42.9 Å². The normalized spacial score (nSPS) is 16.9. The van der Waals surface area contributed by atoms with Crippen molar-refractivity contribution in [3.63, 3.8) is 0 Å². The van der Waals surface area contributed by atoms with Gasteiger partial charge in [-0.1, -0.05) is 18.2 Å². The molecule has 0 spiro atoms. The Labute approximate surface area is 210 Å². The molecule has 0 saturated carbocycles. The second-order valence-electron chi connectivity index (χ2n) is 8.46. The third kappa shape index (κ3) is 13.0. The van der Waals surface area contributed by atoms with Crippen LogP contribution in [0.15, 0.2) is 40.2 Å². The topological polar surface area (TPSA) is 222 Å². The number of amides is 1. The summed E-state index contributed by atoms with van der Waals surface area (Å²) in [7, 11) is -0.624. The average molecular weight is 531 g/mol. The van der Waals surface area contributed by atoms with Crippen molar-refractivity contribution in [3.8, 4) is 6.07 Å². The number of nitrogens with zero attached hydrogens (tertiary/aromatic N) is 4. The second kappa shape index (κ2) is 14.9. The highest BCUT2D eigenvalue weighted by atomic mass is 32.2. The summed E-state index contributed by atoms with van der Waals surface area (Å²) in [5.74, 6) is -0.345. The monoisotopic (exact) mass is 530 g/mol. The van der Waals surface area contributed by atoms with Gasteiger partial charge in [0.1, 0.15) is 12.2 Å². The summed E-state index contributed by atoms with van der Waals surface area (Å²) in [5.41, 5.74) is 9.42. The number of hydrogen-bond acceptors (Lipinski definition) is 7. The number of nitrogens with two attached hydrogens (primary N) is 2. The molecule has 1 aromatic carbocycles. The SMILES string of the molecule is CC(C)(CO)NCC(=O)N1C[C@@H](F)C[C@H]1C#N.CN(C)C(=N)N=C(N)N.O=S(=O)(O)c1ccccc1. The first-order valence-electron chi connectivity index (χ1n) is 10.6. The van der Waals surface area contributed by atoms with E-state index in [0.29, 0.717) is 0 Å². The predicted octanol–water partition coefficient (Wildman–Crippen LogP) is -0.501. The van der Waals surface area contributed by atoms with Gasteiger partial charge in [-0.25, -0.2) is 4.39 Å². The molecule has 0 unspecified atom stereocenters. The number of likely N-dealkylation sites (tertiary alicyclic amines) is 1. The highest BCUT2D eigenvalue weighted by Crippen LogP contribution is 2.19. The zero-order valence-electron chi connectivity index (χ0n) is 20.7. The molecule has 0 radical (unpaired) electrons. The minimum Gasteiger partial charge on any atom is -0.394 e. The second-order valence-corrected chi connectivity index (χ2v) is 9.88. The van der Waals surface area contributed by atoms with Gasteiger partial charge in [0.25, 0.3) is 10.1 Å². The molecule has 1 aliphatic heterocycles. The first kappa shape index (κ1) is 32.7. The standard InChI is InChI=1S/C11H18FN3O2.C6H6O3S.C4H11N5/c1-11(2,7-16)14-5-10(17)15-6-8(12)3-9(15)4-13;7-10(8,9)6-4-2-1-3-5-6;1-9(2)4(7)8-3(5)6/h8-9,14,16H,3,5-7H2,1-2H3;1-5H,(H,7,8,9);1-2H3,(H5,5,6,7,8)/t8-,9-;;/m0../s1. The summed E-state index contributed by atoms with van der Waals surface area (Å²) in [6, 6.07) is 8.68. The fourth-order valence-corrected chi connectivity index (χ4v) is 2.97. The van der Waals surface area contributed by atoms with Crippen molar-refractivity contribution in [3.05, 3.63) is 30.3 Å². The van der Waals surface area contributed by atoms with Crippen molar-refractivity contribution in [2.24, 2.45) is 16.5 Å². The Kier molecular flexibility index (Phi) is 13.6. The Balaban J connectivity index is 0.000000551. The lowest BCUT2D eigenvalue weighted by molar-refractivity contribution is -0.130. The number of nitriles is 1. The summed E-state index contributed by atoms with van der Waals surface area (Å²) < 4.78 is 42.3. The maximum absolute atomic E-state index is 13.1. The number of aliphatic hydroxyl groups is 1. The van der Waals surface area contributed by atoms with E-state index < -0.39 is 27.9 Å². The zero-order chi connectivity index (χ0) is 28.1. The van der Waals surface area contributed by atoms with Crippen LogP contribution in [0.25, 0.3) is 0 Å². The van der Waals surface area contributed by atoms with Crippen molar-refractivity contribution in [1.82, 2.24) is 15.1 Å². The van der Waals surface area contributed by atoms with Crippen LogP contribution in [0.4, 0.5) is 4.39 Å². The minimum atomic E-state index is -4.00. The highest BCUT2D eigenvalue weighted by Gasteiger charge is 2.35. The molecule has 2 rings (SSSR count). The summed E-state index contributed by atoms with van der Waals surface area (Å²) >= 11 is 0. The average Bonchev–Trinajstić information content (AvgIpc) is 3.19. The molecule has 1 aromatic rings. The number of halogens is 1. The molecule has 1 aliphatic rings. The number of alkyl halides is 1. The highest BCUT2D eigenvalue weighted by molar-refractivity contribution is 7.85. The third-order valence-corrected chi connectivity index (χ3v) is 5.40. The fourth-order valence-electron chi connectivity index (χ4n) is 2.47. The lowest BCUT2D eigenvalue weighted by Gasteiger charge is -2.26. The van der Waals surface area contributed by atoms with Crippen LogP contribution in [0, 0.1) is 16.7 Å². The predicted molar refractivity (Wildman–Crippen MR) is 133 cm³/mol. The van der Waals surface area contributed by atoms with Gasteiger partial charge in [-0.3, -0.25) is 14.8 Å². The van der Waals surface area contributed by atoms with Crippen molar-refractivity contribution in [2.75, 3.05) is 33.8 Å². The van der Waals surface area contributed by atoms with Gasteiger partial charge < -0.3 is 31.7 Å². The number of rotatable bonds is 5. The molecule has 8 N–H and O–H groups in total. The number of carbonyl (C=O) groups excluding carboxylic acids is 1. The van der Waals surface area contributed by atoms with Crippen LogP contribution in [0.3, 0.4) is 0 Å². The Morgan fingerprint density at radius 3 is 2.28 bits per heavy atom. The van der Waals surface area contributed by atoms with Crippen LogP contribution in [0.1, 0.15) is 20.3 Å².